The molecule has 2 N–H and O–H groups in total. The fourth-order valence-corrected chi connectivity index (χ4v) is 2.67. The minimum absolute atomic E-state index is 0.00997. The molecule has 2 fully saturated rings. The summed E-state index contributed by atoms with van der Waals surface area (Å²) in [6.07, 6.45) is 4.38. The Kier molecular flexibility index (Phi) is 4.27. The monoisotopic (exact) mass is 283 g/mol. The number of urea groups is 1. The van der Waals surface area contributed by atoms with Crippen molar-refractivity contribution < 1.29 is 19.5 Å². The van der Waals surface area contributed by atoms with E-state index in [1.54, 1.807) is 0 Å². The Hall–Kier alpha value is -1.63. The number of nitrogens with zero attached hydrogens (tertiary/aromatic N) is 2. The number of imide groups is 1. The van der Waals surface area contributed by atoms with Crippen molar-refractivity contribution in [1.29, 1.82) is 0 Å². The number of hydrogen-bond donors (Lipinski definition) is 2. The van der Waals surface area contributed by atoms with Crippen molar-refractivity contribution in [2.75, 3.05) is 26.7 Å². The van der Waals surface area contributed by atoms with Crippen molar-refractivity contribution >= 4 is 17.8 Å². The molecule has 2 rings (SSSR count). The zero-order valence-corrected chi connectivity index (χ0v) is 11.7. The molecule has 1 heterocycles. The van der Waals surface area contributed by atoms with Gasteiger partial charge in [-0.25, -0.2) is 4.79 Å². The van der Waals surface area contributed by atoms with E-state index >= 15 is 0 Å². The van der Waals surface area contributed by atoms with E-state index in [1.807, 2.05) is 0 Å². The van der Waals surface area contributed by atoms with Gasteiger partial charge in [-0.1, -0.05) is 19.3 Å². The van der Waals surface area contributed by atoms with Crippen LogP contribution in [0.5, 0.6) is 0 Å². The Morgan fingerprint density at radius 2 is 1.95 bits per heavy atom. The lowest BCUT2D eigenvalue weighted by atomic mass is 9.85. The minimum Gasteiger partial charge on any atom is -0.388 e. The fraction of sp³-hybridized carbons (Fsp3) is 0.769. The molecule has 4 amide bonds. The highest BCUT2D eigenvalue weighted by atomic mass is 16.3. The first-order valence-corrected chi connectivity index (χ1v) is 6.96. The highest BCUT2D eigenvalue weighted by Gasteiger charge is 2.35. The van der Waals surface area contributed by atoms with Crippen LogP contribution in [0.1, 0.15) is 32.1 Å². The van der Waals surface area contributed by atoms with E-state index in [2.05, 4.69) is 5.32 Å². The largest absolute Gasteiger partial charge is 0.388 e. The zero-order chi connectivity index (χ0) is 14.8. The fourth-order valence-electron chi connectivity index (χ4n) is 2.67. The molecule has 1 aliphatic carbocycles. The average molecular weight is 283 g/mol. The Morgan fingerprint density at radius 1 is 1.30 bits per heavy atom. The molecule has 2 aliphatic rings. The lowest BCUT2D eigenvalue weighted by molar-refractivity contribution is -0.131. The van der Waals surface area contributed by atoms with Crippen LogP contribution in [-0.2, 0) is 9.59 Å². The Labute approximate surface area is 117 Å². The van der Waals surface area contributed by atoms with Gasteiger partial charge in [0.05, 0.1) is 5.60 Å². The highest BCUT2D eigenvalue weighted by molar-refractivity contribution is 6.04. The third kappa shape index (κ3) is 3.27. The summed E-state index contributed by atoms with van der Waals surface area (Å²) in [7, 11) is 1.52. The summed E-state index contributed by atoms with van der Waals surface area (Å²) in [5.74, 6) is -0.787. The van der Waals surface area contributed by atoms with Crippen molar-refractivity contribution in [2.24, 2.45) is 0 Å². The summed E-state index contributed by atoms with van der Waals surface area (Å²) in [6.45, 7) is -0.0912. The molecule has 0 atom stereocenters. The Balaban J connectivity index is 1.81. The van der Waals surface area contributed by atoms with E-state index in [-0.39, 0.29) is 25.5 Å². The van der Waals surface area contributed by atoms with E-state index in [0.717, 1.165) is 24.2 Å². The van der Waals surface area contributed by atoms with Gasteiger partial charge >= 0.3 is 6.03 Å². The van der Waals surface area contributed by atoms with Crippen molar-refractivity contribution in [2.45, 2.75) is 37.7 Å². The van der Waals surface area contributed by atoms with Gasteiger partial charge in [0.15, 0.2) is 0 Å². The van der Waals surface area contributed by atoms with Crippen LogP contribution in [0.2, 0.25) is 0 Å². The minimum atomic E-state index is -0.844. The van der Waals surface area contributed by atoms with Crippen LogP contribution in [0.25, 0.3) is 0 Å². The van der Waals surface area contributed by atoms with Crippen LogP contribution in [0.4, 0.5) is 4.79 Å². The second-order valence-electron chi connectivity index (χ2n) is 5.68. The summed E-state index contributed by atoms with van der Waals surface area (Å²) in [5.41, 5.74) is -0.844. The molecule has 0 aromatic heterocycles. The smallest absolute Gasteiger partial charge is 0.327 e. The third-order valence-electron chi connectivity index (χ3n) is 3.93. The van der Waals surface area contributed by atoms with Gasteiger partial charge in [0.2, 0.25) is 5.91 Å². The van der Waals surface area contributed by atoms with E-state index in [4.69, 9.17) is 0 Å². The third-order valence-corrected chi connectivity index (χ3v) is 3.93. The first-order chi connectivity index (χ1) is 9.41. The molecule has 0 bridgehead atoms. The number of amides is 4. The first-order valence-electron chi connectivity index (χ1n) is 6.96. The van der Waals surface area contributed by atoms with E-state index < -0.39 is 17.5 Å². The summed E-state index contributed by atoms with van der Waals surface area (Å²) in [6, 6.07) is -0.457. The van der Waals surface area contributed by atoms with E-state index in [0.29, 0.717) is 12.8 Å². The molecule has 7 nitrogen and oxygen atoms in total. The van der Waals surface area contributed by atoms with Gasteiger partial charge < -0.3 is 15.3 Å². The lowest BCUT2D eigenvalue weighted by Gasteiger charge is -2.32. The van der Waals surface area contributed by atoms with Gasteiger partial charge in [0.25, 0.3) is 5.91 Å². The molecule has 7 heteroatoms. The maximum atomic E-state index is 11.8. The predicted molar refractivity (Wildman–Crippen MR) is 70.8 cm³/mol. The molecule has 20 heavy (non-hydrogen) atoms. The first kappa shape index (κ1) is 14.8. The standard InChI is InChI=1S/C13H21N3O4/c1-15-8-11(18)16(12(15)19)7-10(17)14-9-13(20)5-3-2-4-6-13/h20H,2-9H2,1H3,(H,14,17). The molecule has 1 aliphatic heterocycles. The molecular formula is C13H21N3O4. The summed E-state index contributed by atoms with van der Waals surface area (Å²) < 4.78 is 0. The number of hydrogen-bond acceptors (Lipinski definition) is 4. The van der Waals surface area contributed by atoms with Crippen molar-refractivity contribution in [1.82, 2.24) is 15.1 Å². The molecular weight excluding hydrogens is 262 g/mol. The molecule has 0 unspecified atom stereocenters. The van der Waals surface area contributed by atoms with Gasteiger partial charge in [-0.15, -0.1) is 0 Å². The molecule has 0 aromatic carbocycles. The summed E-state index contributed by atoms with van der Waals surface area (Å²) >= 11 is 0. The SMILES string of the molecule is CN1CC(=O)N(CC(=O)NCC2(O)CCCCC2)C1=O. The topological polar surface area (TPSA) is 90.0 Å². The molecule has 1 saturated carbocycles. The molecule has 112 valence electrons. The van der Waals surface area contributed by atoms with E-state index in [1.165, 1.54) is 11.9 Å². The lowest BCUT2D eigenvalue weighted by Crippen LogP contribution is -2.48. The van der Waals surface area contributed by atoms with Gasteiger partial charge in [-0.2, -0.15) is 0 Å². The van der Waals surface area contributed by atoms with Crippen molar-refractivity contribution in [3.05, 3.63) is 0 Å². The van der Waals surface area contributed by atoms with Crippen LogP contribution in [-0.4, -0.2) is 65.0 Å². The summed E-state index contributed by atoms with van der Waals surface area (Å²) in [5, 5.41) is 12.9. The number of nitrogens with one attached hydrogen (secondary N) is 1. The Bertz CT molecular complexity index is 418. The number of carbonyl (C=O) groups is 3. The average Bonchev–Trinajstić information content (AvgIpc) is 2.64. The molecule has 0 radical (unpaired) electrons. The van der Waals surface area contributed by atoms with Crippen molar-refractivity contribution in [3.8, 4) is 0 Å². The number of aliphatic hydroxyl groups is 1. The van der Waals surface area contributed by atoms with Crippen LogP contribution in [0.15, 0.2) is 0 Å². The molecule has 0 spiro atoms. The highest BCUT2D eigenvalue weighted by Crippen LogP contribution is 2.27. The molecule has 0 aromatic rings. The quantitative estimate of drug-likeness (QED) is 0.693. The Morgan fingerprint density at radius 3 is 2.50 bits per heavy atom. The van der Waals surface area contributed by atoms with Gasteiger partial charge in [0.1, 0.15) is 13.1 Å². The van der Waals surface area contributed by atoms with Crippen molar-refractivity contribution in [3.63, 3.8) is 0 Å². The van der Waals surface area contributed by atoms with Crippen LogP contribution in [0, 0.1) is 0 Å². The normalized spacial score (nSPS) is 22.3. The number of likely N-dealkylation sites (N-methyl/N-ethyl adjacent to an activating group) is 1. The second kappa shape index (κ2) is 5.78. The summed E-state index contributed by atoms with van der Waals surface area (Å²) in [4.78, 5) is 37.1. The van der Waals surface area contributed by atoms with E-state index in [9.17, 15) is 19.5 Å². The van der Waals surface area contributed by atoms with Crippen LogP contribution in [0.3, 0.4) is 0 Å². The van der Waals surface area contributed by atoms with Gasteiger partial charge in [-0.3, -0.25) is 14.5 Å². The maximum absolute atomic E-state index is 11.8. The van der Waals surface area contributed by atoms with Crippen LogP contribution < -0.4 is 5.32 Å². The number of rotatable bonds is 4. The number of carbonyl (C=O) groups excluding carboxylic acids is 3. The molecule has 1 saturated heterocycles. The zero-order valence-electron chi connectivity index (χ0n) is 11.7. The van der Waals surface area contributed by atoms with Gasteiger partial charge in [-0.05, 0) is 12.8 Å². The predicted octanol–water partition coefficient (Wildman–Crippen LogP) is -0.308. The van der Waals surface area contributed by atoms with Crippen LogP contribution >= 0.6 is 0 Å². The van der Waals surface area contributed by atoms with Gasteiger partial charge in [0, 0.05) is 13.6 Å². The second-order valence-corrected chi connectivity index (χ2v) is 5.68. The maximum Gasteiger partial charge on any atom is 0.327 e.